The number of nitrogens with zero attached hydrogens (tertiary/aromatic N) is 2. The molecule has 3 nitrogen and oxygen atoms in total. The van der Waals surface area contributed by atoms with Crippen LogP contribution in [0.4, 0.5) is 14.6 Å². The van der Waals surface area contributed by atoms with E-state index in [1.165, 1.54) is 6.07 Å². The number of hydrogen-bond acceptors (Lipinski definition) is 3. The zero-order valence-corrected chi connectivity index (χ0v) is 11.6. The number of nitrogens with one attached hydrogen (secondary N) is 1. The molecule has 1 heterocycles. The lowest BCUT2D eigenvalue weighted by molar-refractivity contribution is 0.509. The van der Waals surface area contributed by atoms with Gasteiger partial charge in [0.05, 0.1) is 0 Å². The van der Waals surface area contributed by atoms with Crippen LogP contribution in [0.1, 0.15) is 26.0 Å². The highest BCUT2D eigenvalue weighted by molar-refractivity contribution is 5.57. The van der Waals surface area contributed by atoms with Crippen LogP contribution in [0.3, 0.4) is 0 Å². The second-order valence-corrected chi connectivity index (χ2v) is 4.48. The van der Waals surface area contributed by atoms with Crippen molar-refractivity contribution in [3.63, 3.8) is 0 Å². The maximum atomic E-state index is 13.3. The predicted octanol–water partition coefficient (Wildman–Crippen LogP) is 3.81. The molecule has 2 rings (SSSR count). The summed E-state index contributed by atoms with van der Waals surface area (Å²) in [6, 6.07) is 5.58. The molecular formula is C15H17F2N3. The largest absolute Gasteiger partial charge is 0.370 e. The minimum absolute atomic E-state index is 0.408. The summed E-state index contributed by atoms with van der Waals surface area (Å²) >= 11 is 0. The standard InChI is InChI=1S/C15H17F2N3/c1-3-5-11-9-14(18-4-2)20-15(19-11)10-6-7-12(16)13(17)8-10/h6-9H,3-5H2,1-2H3,(H,18,19,20). The Morgan fingerprint density at radius 2 is 1.85 bits per heavy atom. The molecule has 0 aliphatic rings. The molecule has 0 bridgehead atoms. The molecule has 0 fully saturated rings. The number of halogens is 2. The number of rotatable bonds is 5. The van der Waals surface area contributed by atoms with Crippen molar-refractivity contribution < 1.29 is 8.78 Å². The minimum Gasteiger partial charge on any atom is -0.370 e. The highest BCUT2D eigenvalue weighted by Crippen LogP contribution is 2.21. The summed E-state index contributed by atoms with van der Waals surface area (Å²) in [6.45, 7) is 4.77. The van der Waals surface area contributed by atoms with Gasteiger partial charge in [-0.05, 0) is 31.5 Å². The second-order valence-electron chi connectivity index (χ2n) is 4.48. The average molecular weight is 277 g/mol. The van der Waals surface area contributed by atoms with Gasteiger partial charge in [-0.25, -0.2) is 18.7 Å². The van der Waals surface area contributed by atoms with Crippen molar-refractivity contribution >= 4 is 5.82 Å². The number of aromatic nitrogens is 2. The van der Waals surface area contributed by atoms with Crippen LogP contribution < -0.4 is 5.32 Å². The Labute approximate surface area is 117 Å². The third kappa shape index (κ3) is 3.29. The molecule has 0 saturated carbocycles. The molecule has 1 aromatic heterocycles. The SMILES string of the molecule is CCCc1cc(NCC)nc(-c2ccc(F)c(F)c2)n1. The van der Waals surface area contributed by atoms with E-state index in [1.54, 1.807) is 0 Å². The molecule has 1 aromatic carbocycles. The molecule has 0 saturated heterocycles. The molecule has 1 N–H and O–H groups in total. The van der Waals surface area contributed by atoms with E-state index in [4.69, 9.17) is 0 Å². The second kappa shape index (κ2) is 6.41. The first-order valence-electron chi connectivity index (χ1n) is 6.71. The molecule has 5 heteroatoms. The van der Waals surface area contributed by atoms with Gasteiger partial charge in [0.2, 0.25) is 0 Å². The van der Waals surface area contributed by atoms with Gasteiger partial charge in [-0.1, -0.05) is 13.3 Å². The minimum atomic E-state index is -0.892. The molecular weight excluding hydrogens is 260 g/mol. The van der Waals surface area contributed by atoms with Crippen LogP contribution >= 0.6 is 0 Å². The van der Waals surface area contributed by atoms with Crippen molar-refractivity contribution in [2.24, 2.45) is 0 Å². The molecule has 0 amide bonds. The Hall–Kier alpha value is -2.04. The molecule has 0 aliphatic heterocycles. The summed E-state index contributed by atoms with van der Waals surface area (Å²) in [4.78, 5) is 8.74. The summed E-state index contributed by atoms with van der Waals surface area (Å²) in [6.07, 6.45) is 1.78. The Kier molecular flexibility index (Phi) is 4.61. The van der Waals surface area contributed by atoms with Crippen molar-refractivity contribution in [3.8, 4) is 11.4 Å². The maximum absolute atomic E-state index is 13.3. The van der Waals surface area contributed by atoms with Crippen LogP contribution in [0.15, 0.2) is 24.3 Å². The van der Waals surface area contributed by atoms with Gasteiger partial charge >= 0.3 is 0 Å². The molecule has 0 radical (unpaired) electrons. The molecule has 20 heavy (non-hydrogen) atoms. The Morgan fingerprint density at radius 3 is 2.50 bits per heavy atom. The van der Waals surface area contributed by atoms with Gasteiger partial charge in [0.15, 0.2) is 17.5 Å². The normalized spacial score (nSPS) is 10.6. The van der Waals surface area contributed by atoms with E-state index in [2.05, 4.69) is 22.2 Å². The topological polar surface area (TPSA) is 37.8 Å². The quantitative estimate of drug-likeness (QED) is 0.903. The highest BCUT2D eigenvalue weighted by atomic mass is 19.2. The summed E-state index contributed by atoms with van der Waals surface area (Å²) in [5.74, 6) is -0.654. The van der Waals surface area contributed by atoms with Crippen molar-refractivity contribution in [1.82, 2.24) is 9.97 Å². The molecule has 0 spiro atoms. The fourth-order valence-corrected chi connectivity index (χ4v) is 1.92. The van der Waals surface area contributed by atoms with E-state index < -0.39 is 11.6 Å². The van der Waals surface area contributed by atoms with E-state index >= 15 is 0 Å². The lowest BCUT2D eigenvalue weighted by Gasteiger charge is -2.09. The Balaban J connectivity index is 2.45. The molecule has 2 aromatic rings. The Bertz CT molecular complexity index is 575. The first kappa shape index (κ1) is 14.4. The van der Waals surface area contributed by atoms with Gasteiger partial charge in [0.25, 0.3) is 0 Å². The van der Waals surface area contributed by atoms with E-state index in [9.17, 15) is 8.78 Å². The van der Waals surface area contributed by atoms with Gasteiger partial charge < -0.3 is 5.32 Å². The van der Waals surface area contributed by atoms with Crippen LogP contribution in [-0.2, 0) is 6.42 Å². The van der Waals surface area contributed by atoms with E-state index in [0.717, 1.165) is 37.2 Å². The summed E-state index contributed by atoms with van der Waals surface area (Å²) in [5.41, 5.74) is 1.36. The lowest BCUT2D eigenvalue weighted by atomic mass is 10.2. The van der Waals surface area contributed by atoms with E-state index in [-0.39, 0.29) is 0 Å². The van der Waals surface area contributed by atoms with Crippen LogP contribution in [0, 0.1) is 11.6 Å². The van der Waals surface area contributed by atoms with Crippen molar-refractivity contribution in [2.75, 3.05) is 11.9 Å². The van der Waals surface area contributed by atoms with E-state index in [1.807, 2.05) is 13.0 Å². The zero-order valence-electron chi connectivity index (χ0n) is 11.6. The summed E-state index contributed by atoms with van der Waals surface area (Å²) in [7, 11) is 0. The molecule has 0 unspecified atom stereocenters. The highest BCUT2D eigenvalue weighted by Gasteiger charge is 2.09. The third-order valence-corrected chi connectivity index (χ3v) is 2.82. The Morgan fingerprint density at radius 1 is 1.05 bits per heavy atom. The molecule has 0 aliphatic carbocycles. The van der Waals surface area contributed by atoms with Crippen molar-refractivity contribution in [1.29, 1.82) is 0 Å². The zero-order chi connectivity index (χ0) is 14.5. The summed E-state index contributed by atoms with van der Waals surface area (Å²) in [5, 5.41) is 3.12. The number of benzene rings is 1. The van der Waals surface area contributed by atoms with Gasteiger partial charge in [0, 0.05) is 23.9 Å². The number of aryl methyl sites for hydroxylation is 1. The van der Waals surface area contributed by atoms with Gasteiger partial charge in [-0.15, -0.1) is 0 Å². The van der Waals surface area contributed by atoms with Crippen LogP contribution in [-0.4, -0.2) is 16.5 Å². The smallest absolute Gasteiger partial charge is 0.161 e. The summed E-state index contributed by atoms with van der Waals surface area (Å²) < 4.78 is 26.3. The first-order chi connectivity index (χ1) is 9.63. The predicted molar refractivity (Wildman–Crippen MR) is 75.5 cm³/mol. The fourth-order valence-electron chi connectivity index (χ4n) is 1.92. The average Bonchev–Trinajstić information content (AvgIpc) is 2.42. The van der Waals surface area contributed by atoms with E-state index in [0.29, 0.717) is 17.2 Å². The first-order valence-corrected chi connectivity index (χ1v) is 6.71. The maximum Gasteiger partial charge on any atom is 0.161 e. The van der Waals surface area contributed by atoms with Crippen LogP contribution in [0.5, 0.6) is 0 Å². The van der Waals surface area contributed by atoms with Gasteiger partial charge in [-0.2, -0.15) is 0 Å². The van der Waals surface area contributed by atoms with Gasteiger partial charge in [0.1, 0.15) is 5.82 Å². The number of anilines is 1. The van der Waals surface area contributed by atoms with Gasteiger partial charge in [-0.3, -0.25) is 0 Å². The third-order valence-electron chi connectivity index (χ3n) is 2.82. The molecule has 106 valence electrons. The number of hydrogen-bond donors (Lipinski definition) is 1. The monoisotopic (exact) mass is 277 g/mol. The molecule has 0 atom stereocenters. The van der Waals surface area contributed by atoms with Crippen molar-refractivity contribution in [3.05, 3.63) is 41.6 Å². The van der Waals surface area contributed by atoms with Crippen LogP contribution in [0.25, 0.3) is 11.4 Å². The fraction of sp³-hybridized carbons (Fsp3) is 0.333. The lowest BCUT2D eigenvalue weighted by Crippen LogP contribution is -2.04. The van der Waals surface area contributed by atoms with Crippen LogP contribution in [0.2, 0.25) is 0 Å². The van der Waals surface area contributed by atoms with Crippen molar-refractivity contribution in [2.45, 2.75) is 26.7 Å².